The summed E-state index contributed by atoms with van der Waals surface area (Å²) in [7, 11) is 0. The number of anilines is 6. The number of aryl methyl sites for hydroxylation is 3. The van der Waals surface area contributed by atoms with Gasteiger partial charge in [0.15, 0.2) is 30.7 Å². The number of aromatic nitrogens is 9. The van der Waals surface area contributed by atoms with E-state index in [0.717, 1.165) is 149 Å². The molecule has 9 aromatic rings. The predicted octanol–water partition coefficient (Wildman–Crippen LogP) is 8.12. The predicted molar refractivity (Wildman–Crippen MR) is 518 cm³/mol. The van der Waals surface area contributed by atoms with Crippen LogP contribution in [0.4, 0.5) is 40.1 Å². The number of hydrogen-bond donors (Lipinski definition) is 10. The molecule has 3 aromatic carbocycles. The Morgan fingerprint density at radius 3 is 1.28 bits per heavy atom. The van der Waals surface area contributed by atoms with Crippen LogP contribution in [0.2, 0.25) is 0 Å². The fourth-order valence-electron chi connectivity index (χ4n) is 16.2. The van der Waals surface area contributed by atoms with E-state index in [4.69, 9.17) is 36.2 Å². The molecular weight excluding hydrogens is 1700 g/mol. The van der Waals surface area contributed by atoms with Crippen LogP contribution in [0, 0.1) is 20.8 Å². The monoisotopic (exact) mass is 1840 g/mol. The van der Waals surface area contributed by atoms with Crippen LogP contribution in [0.3, 0.4) is 0 Å². The summed E-state index contributed by atoms with van der Waals surface area (Å²) in [5, 5.41) is 44.8. The van der Waals surface area contributed by atoms with Crippen LogP contribution in [0.5, 0.6) is 0 Å². The molecule has 0 aliphatic carbocycles. The molecule has 2 atom stereocenters. The summed E-state index contributed by atoms with van der Waals surface area (Å²) in [6, 6.07) is 25.5. The number of nitrogens with two attached hydrogens (primary N) is 3. The van der Waals surface area contributed by atoms with Gasteiger partial charge in [0.25, 0.3) is 11.8 Å². The lowest BCUT2D eigenvalue weighted by atomic mass is 10.0. The maximum atomic E-state index is 12.8. The van der Waals surface area contributed by atoms with Gasteiger partial charge in [-0.15, -0.1) is 10.3 Å². The Kier molecular flexibility index (Phi) is 42.3. The molecular formula is C94H138N26O13. The number of aliphatic hydroxyl groups excluding tert-OH is 2. The number of oxime groups is 3. The number of piperazine rings is 3. The average molecular weight is 1840 g/mol. The first-order valence-electron chi connectivity index (χ1n) is 46.3. The van der Waals surface area contributed by atoms with E-state index < -0.39 is 6.09 Å². The molecule has 5 amide bonds. The number of rotatable bonds is 51. The Morgan fingerprint density at radius 2 is 0.835 bits per heavy atom. The molecule has 0 spiro atoms. The van der Waals surface area contributed by atoms with Gasteiger partial charge in [-0.25, -0.2) is 19.7 Å². The molecule has 13 N–H and O–H groups in total. The molecule has 6 aromatic heterocycles. The molecule has 3 aliphatic heterocycles. The number of carbonyl (C=O) groups excluding carboxylic acids is 5. The zero-order chi connectivity index (χ0) is 94.8. The highest BCUT2D eigenvalue weighted by atomic mass is 16.7. The molecule has 3 aliphatic rings. The molecule has 133 heavy (non-hydrogen) atoms. The molecule has 39 nitrogen and oxygen atoms in total. The van der Waals surface area contributed by atoms with Gasteiger partial charge in [-0.05, 0) is 108 Å². The number of unbranched alkanes of at least 4 members (excludes halogenated alkanes) is 4. The molecule has 12 rings (SSSR count). The van der Waals surface area contributed by atoms with Gasteiger partial charge in [0, 0.05) is 176 Å². The minimum atomic E-state index is -0.684. The lowest BCUT2D eigenvalue weighted by Crippen LogP contribution is -2.49. The van der Waals surface area contributed by atoms with Crippen molar-refractivity contribution in [2.75, 3.05) is 197 Å². The minimum absolute atomic E-state index is 0.0123. The third-order valence-electron chi connectivity index (χ3n) is 23.6. The number of benzene rings is 3. The van der Waals surface area contributed by atoms with Crippen molar-refractivity contribution in [3.05, 3.63) is 141 Å². The number of hydrogen-bond acceptors (Lipinski definition) is 31. The smallest absolute Gasteiger partial charge is 0.394 e. The summed E-state index contributed by atoms with van der Waals surface area (Å²) in [5.41, 5.74) is 34.1. The van der Waals surface area contributed by atoms with E-state index in [1.54, 1.807) is 0 Å². The van der Waals surface area contributed by atoms with Crippen molar-refractivity contribution in [3.8, 4) is 0 Å². The SMILES string of the molecule is C=NOC(=O)NCCOCCC(=O)N1CCN(Cc2ccc(Cn3ccc4nc(N)nc(NCCCCC)c43)c(C)c2)CC1.C=NOCC(=O)N1CCN(Cc2ccc(C)c(Cn3ccc4nc(N)nc(N[C@H](CO)CCCC)c43)c2)CC1.C=NOCC(=O)NCCOCCOCCC(=O)N1CCN(Cc2ccc(C)c(Cn3ccc4nc(N)nc(N[C@H](CO)CCCC)c43)c2)CC1. The number of nitrogens with one attached hydrogen (secondary N) is 5. The Labute approximate surface area is 778 Å². The molecule has 0 saturated carbocycles. The van der Waals surface area contributed by atoms with Crippen LogP contribution in [0.15, 0.2) is 107 Å². The Hall–Kier alpha value is -12.2. The van der Waals surface area contributed by atoms with Gasteiger partial charge in [-0.2, -0.15) is 15.0 Å². The van der Waals surface area contributed by atoms with Crippen LogP contribution in [-0.4, -0.2) is 309 Å². The van der Waals surface area contributed by atoms with Crippen LogP contribution in [-0.2, 0) is 87.2 Å². The van der Waals surface area contributed by atoms with Crippen molar-refractivity contribution in [2.45, 2.75) is 164 Å². The van der Waals surface area contributed by atoms with Gasteiger partial charge in [0.2, 0.25) is 29.7 Å². The van der Waals surface area contributed by atoms with E-state index in [-0.39, 0.29) is 93.1 Å². The van der Waals surface area contributed by atoms with Gasteiger partial charge in [0.1, 0.15) is 16.6 Å². The van der Waals surface area contributed by atoms with E-state index >= 15 is 0 Å². The second-order valence-corrected chi connectivity index (χ2v) is 33.5. The number of nitrogens with zero attached hydrogens (tertiary/aromatic N) is 18. The molecule has 0 bridgehead atoms. The fraction of sp³-hybridized carbons (Fsp3) is 0.532. The number of ether oxygens (including phenoxy) is 3. The number of fused-ring (bicyclic) bond motifs is 3. The standard InChI is InChI=1S/C35H53N9O6.C31H45N9O4.C28H40N8O3/c1-4-5-6-29(24-45)39-34-33-30(40-35(36)41-34)9-12-44(33)23-28-21-27(8-7-26(28)2)22-42-13-15-43(16-14-42)32(47)10-17-48-19-20-49-18-11-38-31(46)25-50-37-3;1-4-5-6-11-34-29-28-26(36-30(32)37-29)9-13-40(28)22-25-8-7-24(20-23(25)2)21-38-14-16-39(17-15-38)27(41)10-18-43-19-12-35-31(42)44-33-3;1-4-5-6-23(18-37)31-27-26-24(32-28(29)33-27)9-10-36(26)17-22-15-21(8-7-20(22)2)16-34-11-13-35(14-12-34)25(38)19-39-30-3/h7-9,12,21,29,45H,3-6,10-11,13-20,22-25H2,1-2H3,(H,38,46)(H3,36,39,40,41);7-9,13,20H,3-6,10-12,14-19,21-22H2,1-2H3,(H,35,42)(H3,32,34,36,37);7-10,15,23,37H,3-6,11-14,16-19H2,1-2H3,(H3,29,31,32,33)/t29-;;23-/m0.0/s1. The zero-order valence-electron chi connectivity index (χ0n) is 78.3. The highest BCUT2D eigenvalue weighted by molar-refractivity contribution is 5.90. The lowest BCUT2D eigenvalue weighted by Gasteiger charge is -2.35. The van der Waals surface area contributed by atoms with Crippen molar-refractivity contribution < 1.29 is 62.9 Å². The molecule has 3 fully saturated rings. The van der Waals surface area contributed by atoms with E-state index in [1.165, 1.54) is 62.9 Å². The number of aliphatic hydroxyl groups is 2. The topological polar surface area (TPSA) is 468 Å². The Balaban J connectivity index is 0.000000208. The third-order valence-corrected chi connectivity index (χ3v) is 23.6. The second kappa shape index (κ2) is 54.7. The summed E-state index contributed by atoms with van der Waals surface area (Å²) < 4.78 is 22.9. The minimum Gasteiger partial charge on any atom is -0.394 e. The average Bonchev–Trinajstić information content (AvgIpc) is 1.66. The maximum Gasteiger partial charge on any atom is 0.433 e. The molecule has 3 saturated heterocycles. The lowest BCUT2D eigenvalue weighted by molar-refractivity contribution is -0.138. The van der Waals surface area contributed by atoms with Gasteiger partial charge in [-0.1, -0.05) is 119 Å². The number of nitrogen functional groups attached to an aromatic ring is 3. The summed E-state index contributed by atoms with van der Waals surface area (Å²) in [4.78, 5) is 113. The van der Waals surface area contributed by atoms with Gasteiger partial charge in [0.05, 0.1) is 94.3 Å². The van der Waals surface area contributed by atoms with Gasteiger partial charge < -0.3 is 106 Å². The van der Waals surface area contributed by atoms with Crippen molar-refractivity contribution >= 4 is 118 Å². The van der Waals surface area contributed by atoms with Crippen molar-refractivity contribution in [1.82, 2.24) is 83.6 Å². The van der Waals surface area contributed by atoms with E-state index in [0.29, 0.717) is 123 Å². The van der Waals surface area contributed by atoms with Crippen LogP contribution in [0.25, 0.3) is 33.1 Å². The summed E-state index contributed by atoms with van der Waals surface area (Å²) in [6.07, 6.45) is 15.3. The largest absolute Gasteiger partial charge is 0.433 e. The van der Waals surface area contributed by atoms with Crippen molar-refractivity contribution in [1.29, 1.82) is 0 Å². The summed E-state index contributed by atoms with van der Waals surface area (Å²) in [5.74, 6) is 2.58. The van der Waals surface area contributed by atoms with Crippen LogP contribution < -0.4 is 43.8 Å². The molecule has 0 radical (unpaired) electrons. The Bertz CT molecular complexity index is 5200. The highest BCUT2D eigenvalue weighted by Crippen LogP contribution is 2.31. The van der Waals surface area contributed by atoms with Crippen molar-refractivity contribution in [3.63, 3.8) is 0 Å². The van der Waals surface area contributed by atoms with Gasteiger partial charge in [-0.3, -0.25) is 38.7 Å². The molecule has 722 valence electrons. The molecule has 9 heterocycles. The van der Waals surface area contributed by atoms with E-state index in [9.17, 15) is 34.2 Å². The van der Waals surface area contributed by atoms with E-state index in [1.807, 2.05) is 45.3 Å². The quantitative estimate of drug-likeness (QED) is 0.00744. The Morgan fingerprint density at radius 1 is 0.429 bits per heavy atom. The molecule has 39 heteroatoms. The maximum absolute atomic E-state index is 12.8. The first-order chi connectivity index (χ1) is 64.6. The summed E-state index contributed by atoms with van der Waals surface area (Å²) >= 11 is 0. The third kappa shape index (κ3) is 32.6. The molecule has 0 unspecified atom stereocenters. The first-order valence-corrected chi connectivity index (χ1v) is 46.3. The fourth-order valence-corrected chi connectivity index (χ4v) is 16.2. The first kappa shape index (κ1) is 103. The van der Waals surface area contributed by atoms with Crippen LogP contribution in [0.1, 0.15) is 141 Å². The number of amides is 5. The second-order valence-electron chi connectivity index (χ2n) is 33.5. The van der Waals surface area contributed by atoms with E-state index in [2.05, 4.69) is 233 Å². The highest BCUT2D eigenvalue weighted by Gasteiger charge is 2.27. The summed E-state index contributed by atoms with van der Waals surface area (Å²) in [6.45, 7) is 39.0. The van der Waals surface area contributed by atoms with Gasteiger partial charge >= 0.3 is 6.09 Å². The van der Waals surface area contributed by atoms with Crippen LogP contribution >= 0.6 is 0 Å². The normalized spacial score (nSPS) is 14.2. The number of carbonyl (C=O) groups is 5. The van der Waals surface area contributed by atoms with Crippen molar-refractivity contribution in [2.24, 2.45) is 15.5 Å². The zero-order valence-corrected chi connectivity index (χ0v) is 78.3.